The second-order valence-electron chi connectivity index (χ2n) is 3.51. The summed E-state index contributed by atoms with van der Waals surface area (Å²) in [5, 5.41) is 0. The maximum atomic E-state index is 5.32. The molecule has 1 aliphatic rings. The molecule has 0 N–H and O–H groups in total. The van der Waals surface area contributed by atoms with Crippen LogP contribution in [0.3, 0.4) is 0 Å². The molecule has 0 saturated heterocycles. The van der Waals surface area contributed by atoms with Gasteiger partial charge in [-0.05, 0) is 12.8 Å². The fraction of sp³-hybridized carbons (Fsp3) is 0.727. The first kappa shape index (κ1) is 10.3. The van der Waals surface area contributed by atoms with Crippen LogP contribution in [0, 0.1) is 0 Å². The quantitative estimate of drug-likeness (QED) is 0.456. The molecule has 0 bridgehead atoms. The molecule has 0 saturated carbocycles. The van der Waals surface area contributed by atoms with Gasteiger partial charge in [0.2, 0.25) is 0 Å². The molecule has 1 aliphatic heterocycles. The van der Waals surface area contributed by atoms with Crippen molar-refractivity contribution in [2.75, 3.05) is 13.2 Å². The van der Waals surface area contributed by atoms with Gasteiger partial charge in [0.1, 0.15) is 6.61 Å². The molecule has 2 nitrogen and oxygen atoms in total. The van der Waals surface area contributed by atoms with Crippen molar-refractivity contribution in [2.24, 2.45) is 4.99 Å². The molecule has 0 unspecified atom stereocenters. The van der Waals surface area contributed by atoms with E-state index in [-0.39, 0.29) is 0 Å². The van der Waals surface area contributed by atoms with Crippen LogP contribution in [0.4, 0.5) is 0 Å². The number of hydrogen-bond donors (Lipinski definition) is 0. The maximum Gasteiger partial charge on any atom is 0.187 e. The first-order valence-corrected chi connectivity index (χ1v) is 5.15. The molecule has 74 valence electrons. The number of unbranched alkanes of at least 4 members (excludes halogenated alkanes) is 2. The van der Waals surface area contributed by atoms with E-state index in [1.165, 1.54) is 24.8 Å². The Morgan fingerprint density at radius 3 is 3.00 bits per heavy atom. The van der Waals surface area contributed by atoms with E-state index < -0.39 is 0 Å². The first-order valence-electron chi connectivity index (χ1n) is 5.15. The van der Waals surface area contributed by atoms with Gasteiger partial charge >= 0.3 is 0 Å². The number of rotatable bonds is 6. The molecule has 2 heteroatoms. The third-order valence-corrected chi connectivity index (χ3v) is 2.18. The van der Waals surface area contributed by atoms with Crippen LogP contribution >= 0.6 is 0 Å². The molecule has 0 aromatic heterocycles. The molecule has 0 amide bonds. The van der Waals surface area contributed by atoms with E-state index in [1.807, 2.05) is 0 Å². The minimum Gasteiger partial charge on any atom is -0.479 e. The largest absolute Gasteiger partial charge is 0.479 e. The third-order valence-electron chi connectivity index (χ3n) is 2.18. The third kappa shape index (κ3) is 4.11. The predicted octanol–water partition coefficient (Wildman–Crippen LogP) is 2.94. The summed E-state index contributed by atoms with van der Waals surface area (Å²) >= 11 is 0. The summed E-state index contributed by atoms with van der Waals surface area (Å²) in [7, 11) is 0. The van der Waals surface area contributed by atoms with E-state index in [0.29, 0.717) is 0 Å². The molecule has 0 aromatic rings. The lowest BCUT2D eigenvalue weighted by Crippen LogP contribution is -2.00. The fourth-order valence-corrected chi connectivity index (χ4v) is 1.41. The second-order valence-corrected chi connectivity index (χ2v) is 3.51. The zero-order valence-corrected chi connectivity index (χ0v) is 8.51. The molecule has 0 spiro atoms. The molecule has 0 aromatic carbocycles. The zero-order chi connectivity index (χ0) is 9.52. The van der Waals surface area contributed by atoms with Crippen LogP contribution in [-0.4, -0.2) is 19.0 Å². The highest BCUT2D eigenvalue weighted by atomic mass is 16.5. The average Bonchev–Trinajstić information content (AvgIpc) is 2.57. The Hall–Kier alpha value is -0.790. The molecule has 1 rings (SSSR count). The van der Waals surface area contributed by atoms with Crippen LogP contribution in [0.5, 0.6) is 0 Å². The highest BCUT2D eigenvalue weighted by molar-refractivity contribution is 5.79. The van der Waals surface area contributed by atoms with Crippen LogP contribution in [-0.2, 0) is 4.74 Å². The second kappa shape index (κ2) is 5.79. The van der Waals surface area contributed by atoms with E-state index >= 15 is 0 Å². The summed E-state index contributed by atoms with van der Waals surface area (Å²) in [6.07, 6.45) is 5.79. The Morgan fingerprint density at radius 2 is 2.38 bits per heavy atom. The highest BCUT2D eigenvalue weighted by Gasteiger charge is 2.08. The Balaban J connectivity index is 2.10. The molecular weight excluding hydrogens is 162 g/mol. The predicted molar refractivity (Wildman–Crippen MR) is 56.2 cm³/mol. The standard InChI is InChI=1S/C11H19NO/c1-3-4-5-6-10(2)9-11-12-7-8-13-11/h2-9H2,1H3. The lowest BCUT2D eigenvalue weighted by Gasteiger charge is -2.04. The monoisotopic (exact) mass is 181 g/mol. The highest BCUT2D eigenvalue weighted by Crippen LogP contribution is 2.13. The van der Waals surface area contributed by atoms with Crippen molar-refractivity contribution in [3.8, 4) is 0 Å². The van der Waals surface area contributed by atoms with Crippen molar-refractivity contribution < 1.29 is 4.74 Å². The molecule has 1 heterocycles. The van der Waals surface area contributed by atoms with Crippen LogP contribution in [0.15, 0.2) is 17.1 Å². The van der Waals surface area contributed by atoms with Crippen LogP contribution in [0.25, 0.3) is 0 Å². The van der Waals surface area contributed by atoms with Crippen LogP contribution in [0.1, 0.15) is 39.0 Å². The van der Waals surface area contributed by atoms with Crippen molar-refractivity contribution in [2.45, 2.75) is 39.0 Å². The molecular formula is C11H19NO. The van der Waals surface area contributed by atoms with E-state index in [4.69, 9.17) is 4.74 Å². The van der Waals surface area contributed by atoms with Gasteiger partial charge in [0.05, 0.1) is 6.54 Å². The van der Waals surface area contributed by atoms with Gasteiger partial charge in [-0.1, -0.05) is 31.9 Å². The van der Waals surface area contributed by atoms with Crippen molar-refractivity contribution >= 4 is 5.90 Å². The molecule has 0 atom stereocenters. The van der Waals surface area contributed by atoms with Gasteiger partial charge in [0, 0.05) is 6.42 Å². The summed E-state index contributed by atoms with van der Waals surface area (Å²) in [5.41, 5.74) is 1.26. The van der Waals surface area contributed by atoms with Crippen molar-refractivity contribution in [1.82, 2.24) is 0 Å². The van der Waals surface area contributed by atoms with Gasteiger partial charge in [-0.2, -0.15) is 0 Å². The number of ether oxygens (including phenoxy) is 1. The Labute approximate surface area is 80.7 Å². The number of nitrogens with zero attached hydrogens (tertiary/aromatic N) is 1. The summed E-state index contributed by atoms with van der Waals surface area (Å²) in [6, 6.07) is 0. The van der Waals surface area contributed by atoms with Gasteiger partial charge in [-0.15, -0.1) is 0 Å². The fourth-order valence-electron chi connectivity index (χ4n) is 1.41. The Bertz CT molecular complexity index is 196. The van der Waals surface area contributed by atoms with E-state index in [1.54, 1.807) is 0 Å². The lowest BCUT2D eigenvalue weighted by molar-refractivity contribution is 0.340. The van der Waals surface area contributed by atoms with Gasteiger partial charge in [0.15, 0.2) is 5.90 Å². The summed E-state index contributed by atoms with van der Waals surface area (Å²) < 4.78 is 5.32. The Kier molecular flexibility index (Phi) is 4.58. The minimum absolute atomic E-state index is 0.761. The number of aliphatic imine (C=N–C) groups is 1. The molecule has 13 heavy (non-hydrogen) atoms. The average molecular weight is 181 g/mol. The molecule has 0 radical (unpaired) electrons. The molecule has 0 fully saturated rings. The number of hydrogen-bond acceptors (Lipinski definition) is 2. The van der Waals surface area contributed by atoms with E-state index in [0.717, 1.165) is 31.9 Å². The van der Waals surface area contributed by atoms with Crippen molar-refractivity contribution in [3.63, 3.8) is 0 Å². The smallest absolute Gasteiger partial charge is 0.187 e. The van der Waals surface area contributed by atoms with Gasteiger partial charge in [-0.25, -0.2) is 0 Å². The summed E-state index contributed by atoms with van der Waals surface area (Å²) in [6.45, 7) is 7.84. The van der Waals surface area contributed by atoms with Crippen molar-refractivity contribution in [1.29, 1.82) is 0 Å². The normalized spacial score (nSPS) is 15.3. The van der Waals surface area contributed by atoms with Gasteiger partial charge in [0.25, 0.3) is 0 Å². The van der Waals surface area contributed by atoms with Crippen molar-refractivity contribution in [3.05, 3.63) is 12.2 Å². The Morgan fingerprint density at radius 1 is 1.54 bits per heavy atom. The first-order chi connectivity index (χ1) is 6.33. The zero-order valence-electron chi connectivity index (χ0n) is 8.51. The van der Waals surface area contributed by atoms with Crippen LogP contribution < -0.4 is 0 Å². The van der Waals surface area contributed by atoms with E-state index in [2.05, 4.69) is 18.5 Å². The lowest BCUT2D eigenvalue weighted by atomic mass is 10.1. The van der Waals surface area contributed by atoms with E-state index in [9.17, 15) is 0 Å². The summed E-state index contributed by atoms with van der Waals surface area (Å²) in [5.74, 6) is 0.890. The van der Waals surface area contributed by atoms with Gasteiger partial charge in [-0.3, -0.25) is 4.99 Å². The van der Waals surface area contributed by atoms with Crippen LogP contribution in [0.2, 0.25) is 0 Å². The minimum atomic E-state index is 0.761. The van der Waals surface area contributed by atoms with Gasteiger partial charge < -0.3 is 4.74 Å². The topological polar surface area (TPSA) is 21.6 Å². The molecule has 0 aliphatic carbocycles. The SMILES string of the molecule is C=C(CCCCC)CC1=NCCO1. The summed E-state index contributed by atoms with van der Waals surface area (Å²) in [4.78, 5) is 4.24. The maximum absolute atomic E-state index is 5.32.